The van der Waals surface area contributed by atoms with Crippen molar-refractivity contribution in [2.24, 2.45) is 17.8 Å². The van der Waals surface area contributed by atoms with Crippen molar-refractivity contribution in [3.8, 4) is 11.5 Å². The number of hydrogen-bond acceptors (Lipinski definition) is 8. The summed E-state index contributed by atoms with van der Waals surface area (Å²) in [7, 11) is 3.36. The standard InChI is InChI=1S/C24H35N5O4/c1-16(2)9-18-13-28-7-5-17-11-22(31-3)23(32-4)12-20(17)21(28)10-19(18)14-33-24(30)6-8-29-15-25-26-27-29/h11-12,15-16,18-19,21H,5-10,13-14H2,1-4H3/t18-,19+,21-/m1/s1. The maximum Gasteiger partial charge on any atom is 0.307 e. The smallest absolute Gasteiger partial charge is 0.307 e. The Kier molecular flexibility index (Phi) is 7.47. The van der Waals surface area contributed by atoms with E-state index in [-0.39, 0.29) is 12.4 Å². The van der Waals surface area contributed by atoms with Gasteiger partial charge in [-0.2, -0.15) is 0 Å². The number of benzene rings is 1. The lowest BCUT2D eigenvalue weighted by molar-refractivity contribution is -0.147. The number of carbonyl (C=O) groups excluding carboxylic acids is 1. The van der Waals surface area contributed by atoms with Crippen molar-refractivity contribution in [3.63, 3.8) is 0 Å². The zero-order valence-electron chi connectivity index (χ0n) is 20.1. The Morgan fingerprint density at radius 3 is 2.67 bits per heavy atom. The second kappa shape index (κ2) is 10.5. The molecule has 1 fully saturated rings. The molecule has 0 N–H and O–H groups in total. The minimum absolute atomic E-state index is 0.202. The molecule has 3 atom stereocenters. The van der Waals surface area contributed by atoms with Gasteiger partial charge in [-0.25, -0.2) is 4.68 Å². The molecule has 1 aromatic carbocycles. The lowest BCUT2D eigenvalue weighted by Crippen LogP contribution is -2.47. The van der Waals surface area contributed by atoms with Crippen molar-refractivity contribution in [1.82, 2.24) is 25.1 Å². The molecule has 0 amide bonds. The van der Waals surface area contributed by atoms with Crippen LogP contribution in [0.15, 0.2) is 18.5 Å². The number of ether oxygens (including phenoxy) is 3. The van der Waals surface area contributed by atoms with Crippen LogP contribution in [0.5, 0.6) is 11.5 Å². The predicted octanol–water partition coefficient (Wildman–Crippen LogP) is 2.91. The zero-order chi connectivity index (χ0) is 23.4. The number of piperidine rings is 1. The Morgan fingerprint density at radius 1 is 1.18 bits per heavy atom. The summed E-state index contributed by atoms with van der Waals surface area (Å²) in [5.41, 5.74) is 2.64. The number of carbonyl (C=O) groups is 1. The van der Waals surface area contributed by atoms with Crippen LogP contribution in [0.25, 0.3) is 0 Å². The fourth-order valence-electron chi connectivity index (χ4n) is 5.34. The molecule has 2 aliphatic heterocycles. The average molecular weight is 458 g/mol. The first-order chi connectivity index (χ1) is 16.0. The molecule has 0 radical (unpaired) electrons. The highest BCUT2D eigenvalue weighted by Crippen LogP contribution is 2.45. The van der Waals surface area contributed by atoms with Crippen molar-refractivity contribution in [2.75, 3.05) is 33.9 Å². The van der Waals surface area contributed by atoms with Gasteiger partial charge in [0.1, 0.15) is 6.33 Å². The van der Waals surface area contributed by atoms with Gasteiger partial charge in [0.15, 0.2) is 11.5 Å². The number of hydrogen-bond donors (Lipinski definition) is 0. The highest BCUT2D eigenvalue weighted by Gasteiger charge is 2.40. The van der Waals surface area contributed by atoms with E-state index in [1.54, 1.807) is 18.9 Å². The van der Waals surface area contributed by atoms with Gasteiger partial charge in [-0.1, -0.05) is 13.8 Å². The van der Waals surface area contributed by atoms with Gasteiger partial charge < -0.3 is 14.2 Å². The third-order valence-corrected chi connectivity index (χ3v) is 6.94. The van der Waals surface area contributed by atoms with Gasteiger partial charge in [-0.3, -0.25) is 9.69 Å². The number of aromatic nitrogens is 4. The van der Waals surface area contributed by atoms with E-state index in [0.717, 1.165) is 43.9 Å². The molecule has 9 heteroatoms. The van der Waals surface area contributed by atoms with Crippen LogP contribution in [-0.4, -0.2) is 65.0 Å². The molecular weight excluding hydrogens is 422 g/mol. The Hall–Kier alpha value is -2.68. The van der Waals surface area contributed by atoms with Crippen LogP contribution in [0.3, 0.4) is 0 Å². The van der Waals surface area contributed by atoms with Gasteiger partial charge in [0.2, 0.25) is 0 Å². The normalized spacial score (nSPS) is 22.5. The molecule has 2 aromatic rings. The number of methoxy groups -OCH3 is 2. The number of rotatable bonds is 9. The molecular formula is C24H35N5O4. The van der Waals surface area contributed by atoms with Gasteiger partial charge in [0, 0.05) is 19.1 Å². The number of tetrazole rings is 1. The molecule has 3 heterocycles. The Labute approximate surface area is 195 Å². The number of nitrogens with zero attached hydrogens (tertiary/aromatic N) is 5. The Balaban J connectivity index is 1.47. The second-order valence-electron chi connectivity index (χ2n) is 9.56. The van der Waals surface area contributed by atoms with Crippen LogP contribution in [-0.2, 0) is 22.5 Å². The highest BCUT2D eigenvalue weighted by molar-refractivity contribution is 5.69. The van der Waals surface area contributed by atoms with E-state index in [4.69, 9.17) is 14.2 Å². The molecule has 0 aliphatic carbocycles. The molecule has 0 spiro atoms. The SMILES string of the molecule is COc1cc2c(cc1OC)[C@H]1C[C@@H](COC(=O)CCn3cnnn3)[C@H](CC(C)C)CN1CC2. The third kappa shape index (κ3) is 5.46. The molecule has 33 heavy (non-hydrogen) atoms. The van der Waals surface area contributed by atoms with Gasteiger partial charge in [0.05, 0.1) is 33.8 Å². The fraction of sp³-hybridized carbons (Fsp3) is 0.667. The summed E-state index contributed by atoms with van der Waals surface area (Å²) in [5.74, 6) is 2.79. The van der Waals surface area contributed by atoms with E-state index in [9.17, 15) is 4.79 Å². The average Bonchev–Trinajstić information content (AvgIpc) is 3.33. The third-order valence-electron chi connectivity index (χ3n) is 6.94. The molecule has 1 aromatic heterocycles. The maximum atomic E-state index is 12.4. The van der Waals surface area contributed by atoms with Crippen molar-refractivity contribution in [1.29, 1.82) is 0 Å². The maximum absolute atomic E-state index is 12.4. The lowest BCUT2D eigenvalue weighted by atomic mass is 9.74. The van der Waals surface area contributed by atoms with E-state index in [2.05, 4.69) is 46.4 Å². The highest BCUT2D eigenvalue weighted by atomic mass is 16.5. The van der Waals surface area contributed by atoms with Crippen LogP contribution in [0.2, 0.25) is 0 Å². The Bertz CT molecular complexity index is 933. The fourth-order valence-corrected chi connectivity index (χ4v) is 5.34. The predicted molar refractivity (Wildman–Crippen MR) is 122 cm³/mol. The van der Waals surface area contributed by atoms with Crippen LogP contribution >= 0.6 is 0 Å². The van der Waals surface area contributed by atoms with E-state index in [1.807, 2.05) is 0 Å². The molecule has 0 unspecified atom stereocenters. The summed E-state index contributed by atoms with van der Waals surface area (Å²) >= 11 is 0. The summed E-state index contributed by atoms with van der Waals surface area (Å²) in [5, 5.41) is 11.0. The second-order valence-corrected chi connectivity index (χ2v) is 9.56. The minimum Gasteiger partial charge on any atom is -0.493 e. The first kappa shape index (κ1) is 23.5. The minimum atomic E-state index is -0.202. The van der Waals surface area contributed by atoms with E-state index >= 15 is 0 Å². The lowest BCUT2D eigenvalue weighted by Gasteiger charge is -2.47. The van der Waals surface area contributed by atoms with Crippen molar-refractivity contribution < 1.29 is 19.0 Å². The van der Waals surface area contributed by atoms with E-state index in [0.29, 0.717) is 36.9 Å². The van der Waals surface area contributed by atoms with Crippen LogP contribution in [0.4, 0.5) is 0 Å². The van der Waals surface area contributed by atoms with Gasteiger partial charge in [-0.15, -0.1) is 5.10 Å². The zero-order valence-corrected chi connectivity index (χ0v) is 20.1. The summed E-state index contributed by atoms with van der Waals surface area (Å²) in [6.07, 6.45) is 4.89. The quantitative estimate of drug-likeness (QED) is 0.531. The molecule has 2 aliphatic rings. The van der Waals surface area contributed by atoms with Gasteiger partial charge >= 0.3 is 5.97 Å². The summed E-state index contributed by atoms with van der Waals surface area (Å²) in [6.45, 7) is 7.49. The molecule has 1 saturated heterocycles. The van der Waals surface area contributed by atoms with Crippen molar-refractivity contribution >= 4 is 5.97 Å². The first-order valence-corrected chi connectivity index (χ1v) is 11.8. The molecule has 0 saturated carbocycles. The molecule has 180 valence electrons. The number of aryl methyl sites for hydroxylation is 1. The van der Waals surface area contributed by atoms with Crippen molar-refractivity contribution in [2.45, 2.75) is 52.1 Å². The number of fused-ring (bicyclic) bond motifs is 3. The molecule has 0 bridgehead atoms. The van der Waals surface area contributed by atoms with Gasteiger partial charge in [-0.05, 0) is 70.7 Å². The Morgan fingerprint density at radius 2 is 1.97 bits per heavy atom. The van der Waals surface area contributed by atoms with Crippen LogP contribution in [0.1, 0.15) is 50.3 Å². The monoisotopic (exact) mass is 457 g/mol. The van der Waals surface area contributed by atoms with Crippen molar-refractivity contribution in [3.05, 3.63) is 29.6 Å². The summed E-state index contributed by atoms with van der Waals surface area (Å²) < 4.78 is 18.4. The van der Waals surface area contributed by atoms with E-state index < -0.39 is 0 Å². The number of esters is 1. The topological polar surface area (TPSA) is 91.6 Å². The van der Waals surface area contributed by atoms with E-state index in [1.165, 1.54) is 17.5 Å². The summed E-state index contributed by atoms with van der Waals surface area (Å²) in [4.78, 5) is 15.0. The first-order valence-electron chi connectivity index (χ1n) is 11.8. The van der Waals surface area contributed by atoms with Crippen LogP contribution in [0, 0.1) is 17.8 Å². The molecule has 4 rings (SSSR count). The largest absolute Gasteiger partial charge is 0.493 e. The van der Waals surface area contributed by atoms with Gasteiger partial charge in [0.25, 0.3) is 0 Å². The molecule has 9 nitrogen and oxygen atoms in total. The summed E-state index contributed by atoms with van der Waals surface area (Å²) in [6, 6.07) is 4.57. The van der Waals surface area contributed by atoms with Crippen LogP contribution < -0.4 is 9.47 Å².